The lowest BCUT2D eigenvalue weighted by molar-refractivity contribution is 0.0150. The second-order valence-corrected chi connectivity index (χ2v) is 2.48. The Balaban J connectivity index is 0. The van der Waals surface area contributed by atoms with Crippen LogP contribution in [0.2, 0.25) is 0 Å². The van der Waals surface area contributed by atoms with Crippen molar-refractivity contribution in [2.75, 3.05) is 0 Å². The number of hydrogen-bond acceptors (Lipinski definition) is 2. The van der Waals surface area contributed by atoms with Crippen molar-refractivity contribution in [3.63, 3.8) is 0 Å². The predicted octanol–water partition coefficient (Wildman–Crippen LogP) is 2.12. The van der Waals surface area contributed by atoms with Gasteiger partial charge < -0.3 is 9.84 Å². The molecule has 0 heterocycles. The lowest BCUT2D eigenvalue weighted by atomic mass is 10.2. The van der Waals surface area contributed by atoms with Gasteiger partial charge in [-0.3, -0.25) is 0 Å². The molecule has 0 aliphatic heterocycles. The summed E-state index contributed by atoms with van der Waals surface area (Å²) in [6, 6.07) is 0. The molecule has 0 spiro atoms. The first kappa shape index (κ1) is 11.1. The van der Waals surface area contributed by atoms with E-state index in [9.17, 15) is 4.79 Å². The number of ether oxygens (including phenoxy) is 1. The molecule has 0 fully saturated rings. The van der Waals surface area contributed by atoms with Crippen LogP contribution in [0.5, 0.6) is 0 Å². The summed E-state index contributed by atoms with van der Waals surface area (Å²) in [5.41, 5.74) is -0.578. The highest BCUT2D eigenvalue weighted by atomic mass is 16.7. The Morgan fingerprint density at radius 2 is 1.78 bits per heavy atom. The molecule has 0 bridgehead atoms. The number of carbonyl (C=O) groups is 1. The van der Waals surface area contributed by atoms with Gasteiger partial charge in [-0.2, -0.15) is 0 Å². The monoisotopic (exact) mass is 134 g/mol. The molecule has 1 N–H and O–H groups in total. The van der Waals surface area contributed by atoms with Gasteiger partial charge in [0.15, 0.2) is 0 Å². The van der Waals surface area contributed by atoms with Crippen LogP contribution in [0.15, 0.2) is 0 Å². The highest BCUT2D eigenvalue weighted by Gasteiger charge is 2.13. The summed E-state index contributed by atoms with van der Waals surface area (Å²) < 4.78 is 4.35. The maximum atomic E-state index is 9.79. The largest absolute Gasteiger partial charge is 0.506 e. The molecule has 0 aromatic carbocycles. The summed E-state index contributed by atoms with van der Waals surface area (Å²) >= 11 is 0. The minimum Gasteiger partial charge on any atom is -0.450 e. The Morgan fingerprint density at radius 3 is 1.78 bits per heavy atom. The van der Waals surface area contributed by atoms with Gasteiger partial charge in [-0.15, -0.1) is 0 Å². The fourth-order valence-corrected chi connectivity index (χ4v) is 0.262. The zero-order valence-corrected chi connectivity index (χ0v) is 5.26. The molecular formula is C6H14O3. The molecule has 0 aliphatic carbocycles. The van der Waals surface area contributed by atoms with E-state index in [0.29, 0.717) is 0 Å². The summed E-state index contributed by atoms with van der Waals surface area (Å²) in [5, 5.41) is 8.03. The standard InChI is InChI=1S/C5H10O3.CH4/c1-5(2,3)8-4(6)7;/h1-3H3,(H,6,7);1H4. The molecular weight excluding hydrogens is 120 g/mol. The first-order valence-electron chi connectivity index (χ1n) is 2.34. The number of hydrogen-bond donors (Lipinski definition) is 1. The van der Waals surface area contributed by atoms with Crippen LogP contribution in [0, 0.1) is 0 Å². The summed E-state index contributed by atoms with van der Waals surface area (Å²) in [4.78, 5) is 9.79. The average Bonchev–Trinajstić information content (AvgIpc) is 1.21. The van der Waals surface area contributed by atoms with Crippen LogP contribution in [-0.2, 0) is 4.74 Å². The van der Waals surface area contributed by atoms with E-state index in [1.807, 2.05) is 0 Å². The van der Waals surface area contributed by atoms with E-state index in [1.54, 1.807) is 20.8 Å². The van der Waals surface area contributed by atoms with Gasteiger partial charge >= 0.3 is 6.16 Å². The highest BCUT2D eigenvalue weighted by molar-refractivity contribution is 5.57. The summed E-state index contributed by atoms with van der Waals surface area (Å²) in [7, 11) is 0. The van der Waals surface area contributed by atoms with Gasteiger partial charge in [-0.1, -0.05) is 7.43 Å². The summed E-state index contributed by atoms with van der Waals surface area (Å²) in [6.07, 6.45) is -1.22. The maximum Gasteiger partial charge on any atom is 0.506 e. The van der Waals surface area contributed by atoms with Crippen molar-refractivity contribution in [2.45, 2.75) is 33.8 Å². The molecule has 0 saturated carbocycles. The van der Waals surface area contributed by atoms with Gasteiger partial charge in [0.25, 0.3) is 0 Å². The Hall–Kier alpha value is -0.730. The zero-order chi connectivity index (χ0) is 6.78. The zero-order valence-electron chi connectivity index (χ0n) is 5.26. The Morgan fingerprint density at radius 1 is 1.44 bits per heavy atom. The maximum absolute atomic E-state index is 9.79. The molecule has 0 atom stereocenters. The van der Waals surface area contributed by atoms with Crippen LogP contribution in [0.3, 0.4) is 0 Å². The molecule has 0 aromatic heterocycles. The van der Waals surface area contributed by atoms with Crippen LogP contribution in [-0.4, -0.2) is 16.9 Å². The predicted molar refractivity (Wildman–Crippen MR) is 35.6 cm³/mol. The fraction of sp³-hybridized carbons (Fsp3) is 0.833. The van der Waals surface area contributed by atoms with Crippen molar-refractivity contribution >= 4 is 6.16 Å². The summed E-state index contributed by atoms with van der Waals surface area (Å²) in [5.74, 6) is 0. The molecule has 0 saturated heterocycles. The average molecular weight is 134 g/mol. The smallest absolute Gasteiger partial charge is 0.450 e. The lowest BCUT2D eigenvalue weighted by Crippen LogP contribution is -2.22. The van der Waals surface area contributed by atoms with Crippen molar-refractivity contribution < 1.29 is 14.6 Å². The summed E-state index contributed by atoms with van der Waals surface area (Å²) in [6.45, 7) is 5.04. The van der Waals surface area contributed by atoms with Crippen molar-refractivity contribution in [1.29, 1.82) is 0 Å². The fourth-order valence-electron chi connectivity index (χ4n) is 0.262. The van der Waals surface area contributed by atoms with E-state index in [1.165, 1.54) is 0 Å². The minimum absolute atomic E-state index is 0. The van der Waals surface area contributed by atoms with Crippen LogP contribution in [0.25, 0.3) is 0 Å². The van der Waals surface area contributed by atoms with Crippen LogP contribution >= 0.6 is 0 Å². The molecule has 3 heteroatoms. The van der Waals surface area contributed by atoms with Gasteiger partial charge in [-0.25, -0.2) is 4.79 Å². The highest BCUT2D eigenvalue weighted by Crippen LogP contribution is 2.05. The third-order valence-corrected chi connectivity index (χ3v) is 0.393. The topological polar surface area (TPSA) is 46.5 Å². The molecule has 56 valence electrons. The van der Waals surface area contributed by atoms with Crippen LogP contribution in [0.1, 0.15) is 28.2 Å². The molecule has 0 unspecified atom stereocenters. The van der Waals surface area contributed by atoms with E-state index in [2.05, 4.69) is 4.74 Å². The lowest BCUT2D eigenvalue weighted by Gasteiger charge is -2.15. The molecule has 3 nitrogen and oxygen atoms in total. The second-order valence-electron chi connectivity index (χ2n) is 2.48. The van der Waals surface area contributed by atoms with Crippen LogP contribution in [0.4, 0.5) is 4.79 Å². The molecule has 0 amide bonds. The van der Waals surface area contributed by atoms with Crippen molar-refractivity contribution in [1.82, 2.24) is 0 Å². The second kappa shape index (κ2) is 3.33. The van der Waals surface area contributed by atoms with Gasteiger partial charge in [0.2, 0.25) is 0 Å². The van der Waals surface area contributed by atoms with E-state index in [0.717, 1.165) is 0 Å². The normalized spacial score (nSPS) is 9.67. The SMILES string of the molecule is C.CC(C)(C)OC(=O)O. The molecule has 0 radical (unpaired) electrons. The van der Waals surface area contributed by atoms with Gasteiger partial charge in [-0.05, 0) is 20.8 Å². The number of rotatable bonds is 0. The molecule has 0 aliphatic rings. The van der Waals surface area contributed by atoms with Gasteiger partial charge in [0.1, 0.15) is 5.60 Å². The molecule has 9 heavy (non-hydrogen) atoms. The van der Waals surface area contributed by atoms with E-state index < -0.39 is 11.8 Å². The Bertz CT molecular complexity index is 91.0. The van der Waals surface area contributed by atoms with E-state index >= 15 is 0 Å². The first-order chi connectivity index (χ1) is 3.42. The minimum atomic E-state index is -1.22. The third-order valence-electron chi connectivity index (χ3n) is 0.393. The van der Waals surface area contributed by atoms with Gasteiger partial charge in [0.05, 0.1) is 0 Å². The Kier molecular flexibility index (Phi) is 4.11. The molecule has 0 aromatic rings. The van der Waals surface area contributed by atoms with Crippen molar-refractivity contribution in [3.05, 3.63) is 0 Å². The van der Waals surface area contributed by atoms with Crippen molar-refractivity contribution in [2.24, 2.45) is 0 Å². The van der Waals surface area contributed by atoms with Crippen molar-refractivity contribution in [3.8, 4) is 0 Å². The third kappa shape index (κ3) is 11.1. The van der Waals surface area contributed by atoms with E-state index in [4.69, 9.17) is 5.11 Å². The van der Waals surface area contributed by atoms with E-state index in [-0.39, 0.29) is 7.43 Å². The quantitative estimate of drug-likeness (QED) is 0.516. The van der Waals surface area contributed by atoms with Crippen LogP contribution < -0.4 is 0 Å². The first-order valence-corrected chi connectivity index (χ1v) is 2.34. The molecule has 0 rings (SSSR count). The van der Waals surface area contributed by atoms with Gasteiger partial charge in [0, 0.05) is 0 Å². The number of carboxylic acid groups (broad SMARTS) is 1. The Labute approximate surface area is 55.6 Å².